The first-order valence-corrected chi connectivity index (χ1v) is 12.4. The first-order valence-electron chi connectivity index (χ1n) is 10.9. The average Bonchev–Trinajstić information content (AvgIpc) is 2.77. The first-order chi connectivity index (χ1) is 14.4. The topological polar surface area (TPSA) is 64.6 Å². The van der Waals surface area contributed by atoms with Gasteiger partial charge in [0.25, 0.3) is 0 Å². The summed E-state index contributed by atoms with van der Waals surface area (Å²) < 4.78 is 41.9. The van der Waals surface area contributed by atoms with Crippen LogP contribution < -0.4 is 14.2 Å². The number of rotatable bonds is 6. The van der Waals surface area contributed by atoms with E-state index in [1.165, 1.54) is 12.7 Å². The summed E-state index contributed by atoms with van der Waals surface area (Å²) in [5, 5.41) is 0. The maximum absolute atomic E-state index is 13.5. The van der Waals surface area contributed by atoms with Gasteiger partial charge in [0.05, 0.1) is 13.2 Å². The molecule has 6 heteroatoms. The number of hydrogen-bond acceptors (Lipinski definition) is 4. The van der Waals surface area contributed by atoms with E-state index < -0.39 is 10.0 Å². The van der Waals surface area contributed by atoms with Crippen LogP contribution in [0, 0.1) is 0 Å². The second-order valence-corrected chi connectivity index (χ2v) is 10.1. The van der Waals surface area contributed by atoms with Crippen LogP contribution >= 0.6 is 0 Å². The molecule has 1 heterocycles. The monoisotopic (exact) mass is 429 g/mol. The third-order valence-electron chi connectivity index (χ3n) is 6.70. The van der Waals surface area contributed by atoms with Gasteiger partial charge in [0, 0.05) is 12.0 Å². The standard InChI is InChI=1S/C24H31NO4S/c1-4-24(5-2)16-20(19-12-8-9-13-21(19)29-24)25-30(26,27)23-15-18-11-7-6-10-17(18)14-22(23)28-3/h8-9,12-15,20,25H,4-7,10-11,16H2,1-3H3. The lowest BCUT2D eigenvalue weighted by Gasteiger charge is -2.41. The van der Waals surface area contributed by atoms with Crippen molar-refractivity contribution in [2.75, 3.05) is 7.11 Å². The fraction of sp³-hybridized carbons (Fsp3) is 0.500. The SMILES string of the molecule is CCC1(CC)CC(NS(=O)(=O)c2cc3c(cc2OC)CCCC3)c2ccccc2O1. The Balaban J connectivity index is 1.73. The molecule has 162 valence electrons. The molecule has 2 aromatic rings. The molecule has 0 radical (unpaired) electrons. The third kappa shape index (κ3) is 3.83. The summed E-state index contributed by atoms with van der Waals surface area (Å²) in [5.41, 5.74) is 2.83. The predicted octanol–water partition coefficient (Wildman–Crippen LogP) is 4.93. The number of aryl methyl sites for hydroxylation is 2. The molecule has 0 saturated heterocycles. The summed E-state index contributed by atoms with van der Waals surface area (Å²) in [5.74, 6) is 1.18. The number of hydrogen-bond donors (Lipinski definition) is 1. The zero-order chi connectivity index (χ0) is 21.4. The van der Waals surface area contributed by atoms with Gasteiger partial charge in [-0.3, -0.25) is 0 Å². The van der Waals surface area contributed by atoms with Crippen LogP contribution in [0.15, 0.2) is 41.3 Å². The second-order valence-electron chi connectivity index (χ2n) is 8.39. The van der Waals surface area contributed by atoms with Crippen molar-refractivity contribution in [2.24, 2.45) is 0 Å². The first kappa shape index (κ1) is 21.2. The zero-order valence-electron chi connectivity index (χ0n) is 18.0. The summed E-state index contributed by atoms with van der Waals surface area (Å²) in [6.45, 7) is 4.19. The maximum Gasteiger partial charge on any atom is 0.244 e. The van der Waals surface area contributed by atoms with Crippen LogP contribution in [-0.4, -0.2) is 21.1 Å². The molecule has 1 unspecified atom stereocenters. The fourth-order valence-corrected chi connectivity index (χ4v) is 6.18. The van der Waals surface area contributed by atoms with Crippen molar-refractivity contribution in [1.29, 1.82) is 0 Å². The lowest BCUT2D eigenvalue weighted by molar-refractivity contribution is 0.0260. The molecule has 1 atom stereocenters. The van der Waals surface area contributed by atoms with Gasteiger partial charge in [-0.2, -0.15) is 0 Å². The largest absolute Gasteiger partial charge is 0.495 e. The third-order valence-corrected chi connectivity index (χ3v) is 8.19. The number of sulfonamides is 1. The molecule has 2 aromatic carbocycles. The number of para-hydroxylation sites is 1. The number of methoxy groups -OCH3 is 1. The van der Waals surface area contributed by atoms with Crippen LogP contribution in [0.1, 0.15) is 68.7 Å². The van der Waals surface area contributed by atoms with Crippen molar-refractivity contribution in [2.45, 2.75) is 75.3 Å². The molecule has 1 N–H and O–H groups in total. The van der Waals surface area contributed by atoms with E-state index in [0.717, 1.165) is 55.4 Å². The van der Waals surface area contributed by atoms with Gasteiger partial charge in [0.2, 0.25) is 10.0 Å². The molecule has 30 heavy (non-hydrogen) atoms. The van der Waals surface area contributed by atoms with Gasteiger partial charge in [-0.25, -0.2) is 13.1 Å². The normalized spacial score (nSPS) is 20.0. The van der Waals surface area contributed by atoms with Crippen molar-refractivity contribution in [3.8, 4) is 11.5 Å². The molecule has 0 bridgehead atoms. The van der Waals surface area contributed by atoms with E-state index in [1.54, 1.807) is 0 Å². The lowest BCUT2D eigenvalue weighted by atomic mass is 9.84. The van der Waals surface area contributed by atoms with E-state index in [9.17, 15) is 8.42 Å². The molecular weight excluding hydrogens is 398 g/mol. The van der Waals surface area contributed by atoms with Crippen LogP contribution in [0.4, 0.5) is 0 Å². The van der Waals surface area contributed by atoms with Gasteiger partial charge in [-0.1, -0.05) is 32.0 Å². The zero-order valence-corrected chi connectivity index (χ0v) is 18.8. The van der Waals surface area contributed by atoms with Crippen LogP contribution in [0.2, 0.25) is 0 Å². The van der Waals surface area contributed by atoms with E-state index >= 15 is 0 Å². The van der Waals surface area contributed by atoms with Crippen molar-refractivity contribution in [1.82, 2.24) is 4.72 Å². The highest BCUT2D eigenvalue weighted by Crippen LogP contribution is 2.43. The smallest absolute Gasteiger partial charge is 0.244 e. The molecule has 0 saturated carbocycles. The Kier molecular flexibility index (Phi) is 5.82. The minimum atomic E-state index is -3.78. The molecule has 1 aliphatic heterocycles. The van der Waals surface area contributed by atoms with E-state index in [1.807, 2.05) is 36.4 Å². The molecule has 1 aliphatic carbocycles. The Morgan fingerprint density at radius 2 is 1.77 bits per heavy atom. The van der Waals surface area contributed by atoms with Crippen molar-refractivity contribution >= 4 is 10.0 Å². The second kappa shape index (κ2) is 8.23. The summed E-state index contributed by atoms with van der Waals surface area (Å²) in [4.78, 5) is 0.230. The molecule has 0 fully saturated rings. The van der Waals surface area contributed by atoms with Crippen LogP contribution in [0.25, 0.3) is 0 Å². The minimum absolute atomic E-state index is 0.230. The summed E-state index contributed by atoms with van der Waals surface area (Å²) in [6, 6.07) is 11.1. The minimum Gasteiger partial charge on any atom is -0.495 e. The van der Waals surface area contributed by atoms with E-state index in [0.29, 0.717) is 12.2 Å². The molecule has 0 spiro atoms. The number of fused-ring (bicyclic) bond motifs is 2. The van der Waals surface area contributed by atoms with E-state index in [2.05, 4.69) is 18.6 Å². The predicted molar refractivity (Wildman–Crippen MR) is 118 cm³/mol. The Hall–Kier alpha value is -2.05. The average molecular weight is 430 g/mol. The highest BCUT2D eigenvalue weighted by Gasteiger charge is 2.40. The van der Waals surface area contributed by atoms with Crippen molar-refractivity contribution in [3.05, 3.63) is 53.1 Å². The Bertz CT molecular complexity index is 1030. The Morgan fingerprint density at radius 1 is 1.10 bits per heavy atom. The number of benzene rings is 2. The molecule has 5 nitrogen and oxygen atoms in total. The van der Waals surface area contributed by atoms with E-state index in [4.69, 9.17) is 9.47 Å². The number of nitrogens with one attached hydrogen (secondary N) is 1. The van der Waals surface area contributed by atoms with Crippen LogP contribution in [0.3, 0.4) is 0 Å². The van der Waals surface area contributed by atoms with Crippen LogP contribution in [0.5, 0.6) is 11.5 Å². The lowest BCUT2D eigenvalue weighted by Crippen LogP contribution is -2.44. The summed E-state index contributed by atoms with van der Waals surface area (Å²) in [6.07, 6.45) is 6.35. The van der Waals surface area contributed by atoms with Crippen molar-refractivity contribution < 1.29 is 17.9 Å². The van der Waals surface area contributed by atoms with Crippen molar-refractivity contribution in [3.63, 3.8) is 0 Å². The highest BCUT2D eigenvalue weighted by molar-refractivity contribution is 7.89. The molecular formula is C24H31NO4S. The summed E-state index contributed by atoms with van der Waals surface area (Å²) in [7, 11) is -2.24. The molecule has 0 amide bonds. The van der Waals surface area contributed by atoms with Gasteiger partial charge in [-0.05, 0) is 67.9 Å². The number of ether oxygens (including phenoxy) is 2. The van der Waals surface area contributed by atoms with Crippen LogP contribution in [-0.2, 0) is 22.9 Å². The quantitative estimate of drug-likeness (QED) is 0.707. The van der Waals surface area contributed by atoms with E-state index in [-0.39, 0.29) is 16.5 Å². The van der Waals surface area contributed by atoms with Gasteiger partial charge >= 0.3 is 0 Å². The Labute approximate surface area is 179 Å². The maximum atomic E-state index is 13.5. The fourth-order valence-electron chi connectivity index (χ4n) is 4.77. The summed E-state index contributed by atoms with van der Waals surface area (Å²) >= 11 is 0. The van der Waals surface area contributed by atoms with Gasteiger partial charge in [0.15, 0.2) is 0 Å². The highest BCUT2D eigenvalue weighted by atomic mass is 32.2. The molecule has 4 rings (SSSR count). The molecule has 0 aromatic heterocycles. The van der Waals surface area contributed by atoms with Gasteiger partial charge < -0.3 is 9.47 Å². The molecule has 2 aliphatic rings. The van der Waals surface area contributed by atoms with Gasteiger partial charge in [-0.15, -0.1) is 0 Å². The van der Waals surface area contributed by atoms with Gasteiger partial charge in [0.1, 0.15) is 22.0 Å². The Morgan fingerprint density at radius 3 is 2.43 bits per heavy atom.